The molecule has 1 amide bonds. The zero-order valence-electron chi connectivity index (χ0n) is 16.2. The van der Waals surface area contributed by atoms with E-state index in [0.717, 1.165) is 12.8 Å². The fraction of sp³-hybridized carbons (Fsp3) is 0.600. The SMILES string of the molecule is COC(=O)c1ccc(O[C@H](C)C(=O)N[C@@H]2CCC[C@@H](C)[C@H]2C)c(OC)c1. The Labute approximate surface area is 155 Å². The van der Waals surface area contributed by atoms with Crippen LogP contribution in [-0.2, 0) is 9.53 Å². The Morgan fingerprint density at radius 1 is 1.15 bits per heavy atom. The molecule has 0 unspecified atom stereocenters. The summed E-state index contributed by atoms with van der Waals surface area (Å²) in [6.07, 6.45) is 2.68. The summed E-state index contributed by atoms with van der Waals surface area (Å²) < 4.78 is 15.8. The van der Waals surface area contributed by atoms with Crippen LogP contribution in [0.25, 0.3) is 0 Å². The molecule has 6 heteroatoms. The van der Waals surface area contributed by atoms with Crippen molar-refractivity contribution in [1.29, 1.82) is 0 Å². The van der Waals surface area contributed by atoms with Crippen molar-refractivity contribution in [3.8, 4) is 11.5 Å². The summed E-state index contributed by atoms with van der Waals surface area (Å²) in [6.45, 7) is 6.13. The molecule has 1 aliphatic rings. The van der Waals surface area contributed by atoms with E-state index in [0.29, 0.717) is 28.9 Å². The Morgan fingerprint density at radius 3 is 2.54 bits per heavy atom. The van der Waals surface area contributed by atoms with Gasteiger partial charge in [0, 0.05) is 6.04 Å². The molecule has 2 rings (SSSR count). The van der Waals surface area contributed by atoms with Gasteiger partial charge in [-0.05, 0) is 43.4 Å². The van der Waals surface area contributed by atoms with Gasteiger partial charge in [0.2, 0.25) is 0 Å². The smallest absolute Gasteiger partial charge is 0.337 e. The Hall–Kier alpha value is -2.24. The lowest BCUT2D eigenvalue weighted by Crippen LogP contribution is -2.48. The first-order valence-corrected chi connectivity index (χ1v) is 9.10. The summed E-state index contributed by atoms with van der Waals surface area (Å²) >= 11 is 0. The molecule has 1 aromatic rings. The van der Waals surface area contributed by atoms with Crippen molar-refractivity contribution in [2.75, 3.05) is 14.2 Å². The van der Waals surface area contributed by atoms with Crippen molar-refractivity contribution in [3.05, 3.63) is 23.8 Å². The zero-order chi connectivity index (χ0) is 19.3. The van der Waals surface area contributed by atoms with E-state index in [1.165, 1.54) is 26.7 Å². The molecule has 0 aliphatic heterocycles. The van der Waals surface area contributed by atoms with E-state index in [1.54, 1.807) is 19.1 Å². The first kappa shape index (κ1) is 20.1. The molecule has 0 aromatic heterocycles. The number of rotatable bonds is 6. The lowest BCUT2D eigenvalue weighted by Gasteiger charge is -2.35. The van der Waals surface area contributed by atoms with E-state index in [-0.39, 0.29) is 11.9 Å². The van der Waals surface area contributed by atoms with Crippen LogP contribution >= 0.6 is 0 Å². The summed E-state index contributed by atoms with van der Waals surface area (Å²) in [5, 5.41) is 3.12. The molecule has 4 atom stereocenters. The molecule has 0 radical (unpaired) electrons. The molecule has 0 saturated heterocycles. The van der Waals surface area contributed by atoms with Gasteiger partial charge in [0.1, 0.15) is 0 Å². The lowest BCUT2D eigenvalue weighted by atomic mass is 9.78. The molecule has 1 aromatic carbocycles. The maximum Gasteiger partial charge on any atom is 0.337 e. The number of carbonyl (C=O) groups is 2. The fourth-order valence-electron chi connectivity index (χ4n) is 3.34. The summed E-state index contributed by atoms with van der Waals surface area (Å²) in [4.78, 5) is 24.2. The van der Waals surface area contributed by atoms with Gasteiger partial charge < -0.3 is 19.5 Å². The van der Waals surface area contributed by atoms with Crippen molar-refractivity contribution in [2.24, 2.45) is 11.8 Å². The average molecular weight is 363 g/mol. The number of amides is 1. The number of ether oxygens (including phenoxy) is 3. The molecule has 1 fully saturated rings. The minimum atomic E-state index is -0.669. The van der Waals surface area contributed by atoms with Gasteiger partial charge in [0.25, 0.3) is 5.91 Å². The van der Waals surface area contributed by atoms with E-state index in [2.05, 4.69) is 19.2 Å². The highest BCUT2D eigenvalue weighted by Crippen LogP contribution is 2.31. The quantitative estimate of drug-likeness (QED) is 0.786. The third kappa shape index (κ3) is 4.68. The second-order valence-corrected chi connectivity index (χ2v) is 7.00. The highest BCUT2D eigenvalue weighted by atomic mass is 16.5. The molecule has 0 heterocycles. The molecule has 1 saturated carbocycles. The topological polar surface area (TPSA) is 73.9 Å². The van der Waals surface area contributed by atoms with Gasteiger partial charge in [-0.1, -0.05) is 26.7 Å². The zero-order valence-corrected chi connectivity index (χ0v) is 16.2. The molecule has 6 nitrogen and oxygen atoms in total. The van der Waals surface area contributed by atoms with Gasteiger partial charge in [-0.25, -0.2) is 4.79 Å². The second kappa shape index (κ2) is 8.92. The number of carbonyl (C=O) groups excluding carboxylic acids is 2. The van der Waals surface area contributed by atoms with E-state index >= 15 is 0 Å². The molecule has 26 heavy (non-hydrogen) atoms. The maximum atomic E-state index is 12.5. The van der Waals surface area contributed by atoms with Crippen LogP contribution in [0, 0.1) is 11.8 Å². The van der Waals surface area contributed by atoms with Crippen molar-refractivity contribution < 1.29 is 23.8 Å². The Morgan fingerprint density at radius 2 is 1.88 bits per heavy atom. The van der Waals surface area contributed by atoms with Crippen LogP contribution < -0.4 is 14.8 Å². The van der Waals surface area contributed by atoms with Gasteiger partial charge in [0.15, 0.2) is 17.6 Å². The van der Waals surface area contributed by atoms with Gasteiger partial charge in [0.05, 0.1) is 19.8 Å². The van der Waals surface area contributed by atoms with Crippen LogP contribution in [0.4, 0.5) is 0 Å². The molecule has 1 aliphatic carbocycles. The van der Waals surface area contributed by atoms with Crippen LogP contribution in [0.5, 0.6) is 11.5 Å². The van der Waals surface area contributed by atoms with Crippen LogP contribution in [0.3, 0.4) is 0 Å². The van der Waals surface area contributed by atoms with Gasteiger partial charge in [-0.15, -0.1) is 0 Å². The summed E-state index contributed by atoms with van der Waals surface area (Å²) in [5.74, 6) is 1.25. The van der Waals surface area contributed by atoms with Crippen molar-refractivity contribution in [1.82, 2.24) is 5.32 Å². The van der Waals surface area contributed by atoms with Crippen LogP contribution in [0.15, 0.2) is 18.2 Å². The first-order chi connectivity index (χ1) is 12.4. The predicted molar refractivity (Wildman–Crippen MR) is 98.5 cm³/mol. The van der Waals surface area contributed by atoms with Crippen LogP contribution in [-0.4, -0.2) is 38.2 Å². The van der Waals surface area contributed by atoms with E-state index in [4.69, 9.17) is 14.2 Å². The maximum absolute atomic E-state index is 12.5. The molecular weight excluding hydrogens is 334 g/mol. The summed E-state index contributed by atoms with van der Waals surface area (Å²) in [5.41, 5.74) is 0.360. The molecule has 0 spiro atoms. The molecule has 1 N–H and O–H groups in total. The van der Waals surface area contributed by atoms with Crippen LogP contribution in [0.1, 0.15) is 50.4 Å². The van der Waals surface area contributed by atoms with Crippen molar-refractivity contribution in [3.63, 3.8) is 0 Å². The third-order valence-corrected chi connectivity index (χ3v) is 5.29. The summed E-state index contributed by atoms with van der Waals surface area (Å²) in [6, 6.07) is 4.91. The number of nitrogens with one attached hydrogen (secondary N) is 1. The fourth-order valence-corrected chi connectivity index (χ4v) is 3.34. The number of hydrogen-bond donors (Lipinski definition) is 1. The van der Waals surface area contributed by atoms with E-state index in [9.17, 15) is 9.59 Å². The Bertz CT molecular complexity index is 645. The van der Waals surface area contributed by atoms with E-state index < -0.39 is 12.1 Å². The Kier molecular flexibility index (Phi) is 6.89. The monoisotopic (exact) mass is 363 g/mol. The third-order valence-electron chi connectivity index (χ3n) is 5.29. The highest BCUT2D eigenvalue weighted by Gasteiger charge is 2.30. The summed E-state index contributed by atoms with van der Waals surface area (Å²) in [7, 11) is 2.80. The lowest BCUT2D eigenvalue weighted by molar-refractivity contribution is -0.128. The minimum Gasteiger partial charge on any atom is -0.493 e. The number of benzene rings is 1. The minimum absolute atomic E-state index is 0.143. The molecule has 144 valence electrons. The molecular formula is C20H29NO5. The van der Waals surface area contributed by atoms with E-state index in [1.807, 2.05) is 0 Å². The highest BCUT2D eigenvalue weighted by molar-refractivity contribution is 5.90. The first-order valence-electron chi connectivity index (χ1n) is 9.10. The second-order valence-electron chi connectivity index (χ2n) is 7.00. The predicted octanol–water partition coefficient (Wildman–Crippen LogP) is 3.19. The largest absolute Gasteiger partial charge is 0.493 e. The average Bonchev–Trinajstić information content (AvgIpc) is 2.64. The number of esters is 1. The van der Waals surface area contributed by atoms with Gasteiger partial charge >= 0.3 is 5.97 Å². The van der Waals surface area contributed by atoms with Crippen LogP contribution in [0.2, 0.25) is 0 Å². The molecule has 0 bridgehead atoms. The van der Waals surface area contributed by atoms with Crippen molar-refractivity contribution in [2.45, 2.75) is 52.2 Å². The van der Waals surface area contributed by atoms with Gasteiger partial charge in [-0.2, -0.15) is 0 Å². The number of hydrogen-bond acceptors (Lipinski definition) is 5. The number of methoxy groups -OCH3 is 2. The van der Waals surface area contributed by atoms with Crippen molar-refractivity contribution >= 4 is 11.9 Å². The van der Waals surface area contributed by atoms with Gasteiger partial charge in [-0.3, -0.25) is 4.79 Å². The normalized spacial score (nSPS) is 23.7. The standard InChI is InChI=1S/C20H29NO5/c1-12-7-6-8-16(13(12)2)21-19(22)14(3)26-17-10-9-15(20(23)25-5)11-18(17)24-4/h9-14,16H,6-8H2,1-5H3,(H,21,22)/t12-,13-,14-,16-/m1/s1. The Balaban J connectivity index is 2.03.